The van der Waals surface area contributed by atoms with Crippen LogP contribution in [0.15, 0.2) is 22.7 Å². The van der Waals surface area contributed by atoms with Gasteiger partial charge in [-0.2, -0.15) is 13.2 Å². The van der Waals surface area contributed by atoms with Gasteiger partial charge in [-0.3, -0.25) is 4.79 Å². The van der Waals surface area contributed by atoms with Crippen LogP contribution in [0.2, 0.25) is 0 Å². The van der Waals surface area contributed by atoms with Gasteiger partial charge >= 0.3 is 6.18 Å². The van der Waals surface area contributed by atoms with Crippen molar-refractivity contribution in [3.63, 3.8) is 0 Å². The molecule has 2 rings (SSSR count). The monoisotopic (exact) mass is 350 g/mol. The zero-order chi connectivity index (χ0) is 14.8. The molecule has 0 aromatic heterocycles. The number of benzene rings is 1. The number of nitrogens with one attached hydrogen (secondary N) is 2. The van der Waals surface area contributed by atoms with E-state index in [2.05, 4.69) is 26.6 Å². The van der Waals surface area contributed by atoms with Crippen LogP contribution < -0.4 is 10.6 Å². The third-order valence-corrected chi connectivity index (χ3v) is 3.66. The second kappa shape index (κ2) is 6.13. The van der Waals surface area contributed by atoms with Crippen molar-refractivity contribution < 1.29 is 18.0 Å². The molecule has 1 aliphatic heterocycles. The Labute approximate surface area is 123 Å². The third-order valence-electron chi connectivity index (χ3n) is 3.17. The number of amides is 1. The molecule has 20 heavy (non-hydrogen) atoms. The lowest BCUT2D eigenvalue weighted by Gasteiger charge is -2.23. The van der Waals surface area contributed by atoms with E-state index in [1.807, 2.05) is 0 Å². The smallest absolute Gasteiger partial charge is 0.324 e. The maximum atomic E-state index is 12.9. The highest BCUT2D eigenvalue weighted by molar-refractivity contribution is 9.10. The molecule has 1 aliphatic rings. The summed E-state index contributed by atoms with van der Waals surface area (Å²) in [5.74, 6) is -0.419. The Morgan fingerprint density at radius 1 is 1.35 bits per heavy atom. The SMILES string of the molecule is O=C(Nc1ccc(Br)cc1C(F)(F)F)[C@H]1CCCCN1. The molecule has 1 aromatic carbocycles. The Balaban J connectivity index is 2.18. The maximum absolute atomic E-state index is 12.9. The Morgan fingerprint density at radius 3 is 2.70 bits per heavy atom. The molecule has 0 spiro atoms. The molecule has 1 fully saturated rings. The number of halogens is 4. The third kappa shape index (κ3) is 3.73. The van der Waals surface area contributed by atoms with Crippen LogP contribution in [0.3, 0.4) is 0 Å². The molecule has 110 valence electrons. The fraction of sp³-hybridized carbons (Fsp3) is 0.462. The predicted molar refractivity (Wildman–Crippen MR) is 73.4 cm³/mol. The van der Waals surface area contributed by atoms with Crippen molar-refractivity contribution in [2.75, 3.05) is 11.9 Å². The largest absolute Gasteiger partial charge is 0.418 e. The van der Waals surface area contributed by atoms with Crippen LogP contribution in [-0.4, -0.2) is 18.5 Å². The van der Waals surface area contributed by atoms with Crippen LogP contribution in [0.5, 0.6) is 0 Å². The van der Waals surface area contributed by atoms with Gasteiger partial charge in [-0.25, -0.2) is 0 Å². The highest BCUT2D eigenvalue weighted by Crippen LogP contribution is 2.36. The lowest BCUT2D eigenvalue weighted by molar-refractivity contribution is -0.137. The number of rotatable bonds is 2. The van der Waals surface area contributed by atoms with Crippen molar-refractivity contribution >= 4 is 27.5 Å². The van der Waals surface area contributed by atoms with Crippen molar-refractivity contribution in [1.29, 1.82) is 0 Å². The molecule has 0 saturated carbocycles. The minimum Gasteiger partial charge on any atom is -0.324 e. The number of alkyl halides is 3. The first-order valence-electron chi connectivity index (χ1n) is 6.29. The van der Waals surface area contributed by atoms with Crippen LogP contribution >= 0.6 is 15.9 Å². The first-order valence-corrected chi connectivity index (χ1v) is 7.08. The van der Waals surface area contributed by atoms with E-state index in [0.717, 1.165) is 18.9 Å². The molecule has 2 N–H and O–H groups in total. The summed E-state index contributed by atoms with van der Waals surface area (Å²) in [6.45, 7) is 0.713. The van der Waals surface area contributed by atoms with Gasteiger partial charge in [0.15, 0.2) is 0 Å². The van der Waals surface area contributed by atoms with Gasteiger partial charge in [-0.15, -0.1) is 0 Å². The van der Waals surface area contributed by atoms with Crippen LogP contribution in [0, 0.1) is 0 Å². The van der Waals surface area contributed by atoms with E-state index in [1.54, 1.807) is 0 Å². The van der Waals surface area contributed by atoms with E-state index in [-0.39, 0.29) is 5.69 Å². The van der Waals surface area contributed by atoms with Gasteiger partial charge in [0, 0.05) is 4.47 Å². The summed E-state index contributed by atoms with van der Waals surface area (Å²) in [5, 5.41) is 5.38. The molecule has 0 aliphatic carbocycles. The zero-order valence-electron chi connectivity index (χ0n) is 10.6. The van der Waals surface area contributed by atoms with Crippen molar-refractivity contribution in [3.05, 3.63) is 28.2 Å². The van der Waals surface area contributed by atoms with Crippen LogP contribution in [0.4, 0.5) is 18.9 Å². The summed E-state index contributed by atoms with van der Waals surface area (Å²) < 4.78 is 39.1. The first-order chi connectivity index (χ1) is 9.38. The number of carbonyl (C=O) groups excluding carboxylic acids is 1. The molecule has 1 heterocycles. The zero-order valence-corrected chi connectivity index (χ0v) is 12.1. The van der Waals surface area contributed by atoms with Crippen molar-refractivity contribution in [3.8, 4) is 0 Å². The molecular formula is C13H14BrF3N2O. The van der Waals surface area contributed by atoms with Crippen molar-refractivity contribution in [1.82, 2.24) is 5.32 Å². The quantitative estimate of drug-likeness (QED) is 0.856. The van der Waals surface area contributed by atoms with Gasteiger partial charge in [0.25, 0.3) is 0 Å². The van der Waals surface area contributed by atoms with Crippen LogP contribution in [-0.2, 0) is 11.0 Å². The molecule has 3 nitrogen and oxygen atoms in total. The minimum atomic E-state index is -4.51. The fourth-order valence-electron chi connectivity index (χ4n) is 2.16. The summed E-state index contributed by atoms with van der Waals surface area (Å²) >= 11 is 3.01. The summed E-state index contributed by atoms with van der Waals surface area (Å²) in [6, 6.07) is 3.27. The van der Waals surface area contributed by atoms with E-state index in [9.17, 15) is 18.0 Å². The lowest BCUT2D eigenvalue weighted by atomic mass is 10.0. The van der Waals surface area contributed by atoms with E-state index in [4.69, 9.17) is 0 Å². The highest BCUT2D eigenvalue weighted by Gasteiger charge is 2.34. The van der Waals surface area contributed by atoms with Gasteiger partial charge in [-0.05, 0) is 37.6 Å². The summed E-state index contributed by atoms with van der Waals surface area (Å²) in [4.78, 5) is 12.0. The summed E-state index contributed by atoms with van der Waals surface area (Å²) in [6.07, 6.45) is -1.98. The Hall–Kier alpha value is -1.08. The first kappa shape index (κ1) is 15.3. The molecular weight excluding hydrogens is 337 g/mol. The normalized spacial score (nSPS) is 19.7. The molecule has 0 bridgehead atoms. The average Bonchev–Trinajstić information content (AvgIpc) is 2.40. The number of hydrogen-bond acceptors (Lipinski definition) is 2. The summed E-state index contributed by atoms with van der Waals surface area (Å²) in [7, 11) is 0. The van der Waals surface area contributed by atoms with Crippen molar-refractivity contribution in [2.45, 2.75) is 31.5 Å². The highest BCUT2D eigenvalue weighted by atomic mass is 79.9. The van der Waals surface area contributed by atoms with Gasteiger partial charge < -0.3 is 10.6 Å². The van der Waals surface area contributed by atoms with Crippen LogP contribution in [0.1, 0.15) is 24.8 Å². The fourth-order valence-corrected chi connectivity index (χ4v) is 2.52. The Kier molecular flexibility index (Phi) is 4.70. The van der Waals surface area contributed by atoms with Crippen LogP contribution in [0.25, 0.3) is 0 Å². The maximum Gasteiger partial charge on any atom is 0.418 e. The molecule has 0 radical (unpaired) electrons. The second-order valence-corrected chi connectivity index (χ2v) is 5.60. The van der Waals surface area contributed by atoms with E-state index < -0.39 is 23.7 Å². The van der Waals surface area contributed by atoms with Gasteiger partial charge in [0.2, 0.25) is 5.91 Å². The Morgan fingerprint density at radius 2 is 2.10 bits per heavy atom. The predicted octanol–water partition coefficient (Wildman–Crippen LogP) is 3.55. The number of carbonyl (C=O) groups is 1. The minimum absolute atomic E-state index is 0.210. The topological polar surface area (TPSA) is 41.1 Å². The van der Waals surface area contributed by atoms with Gasteiger partial charge in [-0.1, -0.05) is 22.4 Å². The Bertz CT molecular complexity index is 499. The molecule has 1 saturated heterocycles. The van der Waals surface area contributed by atoms with Crippen molar-refractivity contribution in [2.24, 2.45) is 0 Å². The molecule has 0 unspecified atom stereocenters. The van der Waals surface area contributed by atoms with Gasteiger partial charge in [0.05, 0.1) is 17.3 Å². The van der Waals surface area contributed by atoms with E-state index >= 15 is 0 Å². The molecule has 1 amide bonds. The second-order valence-electron chi connectivity index (χ2n) is 4.68. The lowest BCUT2D eigenvalue weighted by Crippen LogP contribution is -2.43. The van der Waals surface area contributed by atoms with Gasteiger partial charge in [0.1, 0.15) is 0 Å². The van der Waals surface area contributed by atoms with E-state index in [0.29, 0.717) is 17.4 Å². The number of anilines is 1. The molecule has 7 heteroatoms. The molecule has 1 atom stereocenters. The summed E-state index contributed by atoms with van der Waals surface area (Å²) in [5.41, 5.74) is -1.06. The molecule has 1 aromatic rings. The standard InChI is InChI=1S/C13H14BrF3N2O/c14-8-4-5-10(9(7-8)13(15,16)17)19-12(20)11-3-1-2-6-18-11/h4-5,7,11,18H,1-3,6H2,(H,19,20)/t11-/m1/s1. The number of piperidine rings is 1. The number of hydrogen-bond donors (Lipinski definition) is 2. The average molecular weight is 351 g/mol. The van der Waals surface area contributed by atoms with E-state index in [1.165, 1.54) is 12.1 Å².